The van der Waals surface area contributed by atoms with Gasteiger partial charge >= 0.3 is 0 Å². The molecular weight excluding hydrogens is 206 g/mol. The minimum atomic E-state index is -3.16. The van der Waals surface area contributed by atoms with E-state index in [0.717, 1.165) is 10.2 Å². The SMILES string of the molecule is N=S(N)(=O)c1nc2ccccc2s1. The number of benzene rings is 1. The summed E-state index contributed by atoms with van der Waals surface area (Å²) in [5, 5.41) is 5.16. The van der Waals surface area contributed by atoms with Crippen LogP contribution in [0.15, 0.2) is 28.6 Å². The average Bonchev–Trinajstić information content (AvgIpc) is 2.45. The second kappa shape index (κ2) is 2.76. The average molecular weight is 213 g/mol. The Labute approximate surface area is 79.5 Å². The van der Waals surface area contributed by atoms with Gasteiger partial charge in [0.2, 0.25) is 4.34 Å². The Morgan fingerprint density at radius 3 is 2.77 bits per heavy atom. The van der Waals surface area contributed by atoms with Gasteiger partial charge in [-0.25, -0.2) is 19.1 Å². The van der Waals surface area contributed by atoms with E-state index >= 15 is 0 Å². The first-order valence-corrected chi connectivity index (χ1v) is 5.93. The van der Waals surface area contributed by atoms with Crippen molar-refractivity contribution in [2.24, 2.45) is 5.14 Å². The molecule has 6 heteroatoms. The number of para-hydroxylation sites is 1. The number of hydrogen-bond acceptors (Lipinski definition) is 4. The zero-order chi connectivity index (χ0) is 9.47. The number of aromatic nitrogens is 1. The van der Waals surface area contributed by atoms with E-state index in [2.05, 4.69) is 4.98 Å². The topological polar surface area (TPSA) is 79.8 Å². The lowest BCUT2D eigenvalue weighted by Crippen LogP contribution is -2.09. The molecular formula is C7H7N3OS2. The predicted molar refractivity (Wildman–Crippen MR) is 52.9 cm³/mol. The number of hydrogen-bond donors (Lipinski definition) is 2. The Bertz CT molecular complexity index is 511. The Morgan fingerprint density at radius 1 is 1.46 bits per heavy atom. The van der Waals surface area contributed by atoms with Gasteiger partial charge in [-0.15, -0.1) is 11.3 Å². The number of thiazole rings is 1. The number of nitrogens with one attached hydrogen (secondary N) is 1. The van der Waals surface area contributed by atoms with Crippen LogP contribution in [0.4, 0.5) is 0 Å². The smallest absolute Gasteiger partial charge is 0.205 e. The van der Waals surface area contributed by atoms with E-state index in [0.29, 0.717) is 0 Å². The Morgan fingerprint density at radius 2 is 2.15 bits per heavy atom. The lowest BCUT2D eigenvalue weighted by Gasteiger charge is -1.89. The quantitative estimate of drug-likeness (QED) is 0.754. The van der Waals surface area contributed by atoms with E-state index in [1.807, 2.05) is 18.2 Å². The molecule has 3 N–H and O–H groups in total. The summed E-state index contributed by atoms with van der Waals surface area (Å²) in [7, 11) is -3.16. The number of fused-ring (bicyclic) bond motifs is 1. The summed E-state index contributed by atoms with van der Waals surface area (Å²) in [6.45, 7) is 0. The molecule has 0 saturated heterocycles. The van der Waals surface area contributed by atoms with E-state index in [1.165, 1.54) is 11.3 Å². The monoisotopic (exact) mass is 213 g/mol. The molecule has 13 heavy (non-hydrogen) atoms. The van der Waals surface area contributed by atoms with E-state index in [-0.39, 0.29) is 4.34 Å². The maximum Gasteiger partial charge on any atom is 0.205 e. The molecule has 4 nitrogen and oxygen atoms in total. The molecule has 0 aliphatic heterocycles. The number of nitrogens with zero attached hydrogens (tertiary/aromatic N) is 1. The van der Waals surface area contributed by atoms with E-state index in [4.69, 9.17) is 9.92 Å². The van der Waals surface area contributed by atoms with Gasteiger partial charge in [-0.05, 0) is 12.1 Å². The van der Waals surface area contributed by atoms with Crippen molar-refractivity contribution in [2.45, 2.75) is 4.34 Å². The van der Waals surface area contributed by atoms with Gasteiger partial charge in [0, 0.05) is 0 Å². The molecule has 0 spiro atoms. The third kappa shape index (κ3) is 1.55. The minimum absolute atomic E-state index is 0.189. The van der Waals surface area contributed by atoms with Crippen molar-refractivity contribution < 1.29 is 4.21 Å². The molecule has 2 aromatic rings. The van der Waals surface area contributed by atoms with Crippen LogP contribution < -0.4 is 5.14 Å². The van der Waals surface area contributed by atoms with E-state index in [1.54, 1.807) is 6.07 Å². The highest BCUT2D eigenvalue weighted by Gasteiger charge is 2.09. The first kappa shape index (κ1) is 8.61. The Kier molecular flexibility index (Phi) is 1.83. The maximum atomic E-state index is 11.2. The maximum absolute atomic E-state index is 11.2. The van der Waals surface area contributed by atoms with Crippen LogP contribution in [-0.2, 0) is 9.92 Å². The van der Waals surface area contributed by atoms with Crippen LogP contribution in [0.25, 0.3) is 10.2 Å². The van der Waals surface area contributed by atoms with Crippen molar-refractivity contribution >= 4 is 31.5 Å². The van der Waals surface area contributed by atoms with Crippen LogP contribution in [0, 0.1) is 4.78 Å². The molecule has 0 amide bonds. The molecule has 0 radical (unpaired) electrons. The van der Waals surface area contributed by atoms with Gasteiger partial charge in [-0.1, -0.05) is 12.1 Å². The molecule has 0 fully saturated rings. The molecule has 1 heterocycles. The van der Waals surface area contributed by atoms with Crippen LogP contribution in [0.5, 0.6) is 0 Å². The fraction of sp³-hybridized carbons (Fsp3) is 0. The highest BCUT2D eigenvalue weighted by Crippen LogP contribution is 2.23. The van der Waals surface area contributed by atoms with Crippen molar-refractivity contribution in [1.29, 1.82) is 4.78 Å². The number of nitrogens with two attached hydrogens (primary N) is 1. The highest BCUT2D eigenvalue weighted by atomic mass is 32.2. The normalized spacial score (nSPS) is 15.8. The second-order valence-electron chi connectivity index (χ2n) is 2.55. The first-order valence-electron chi connectivity index (χ1n) is 3.49. The van der Waals surface area contributed by atoms with Crippen LogP contribution in [0.3, 0.4) is 0 Å². The fourth-order valence-corrected chi connectivity index (χ4v) is 2.68. The summed E-state index contributed by atoms with van der Waals surface area (Å²) in [5.41, 5.74) is 0.743. The van der Waals surface area contributed by atoms with Gasteiger partial charge in [-0.2, -0.15) is 0 Å². The van der Waals surface area contributed by atoms with Crippen LogP contribution in [-0.4, -0.2) is 9.19 Å². The summed E-state index contributed by atoms with van der Waals surface area (Å²) in [6, 6.07) is 7.38. The minimum Gasteiger partial charge on any atom is -0.239 e. The lowest BCUT2D eigenvalue weighted by atomic mass is 10.3. The van der Waals surface area contributed by atoms with E-state index in [9.17, 15) is 4.21 Å². The Hall–Kier alpha value is -0.980. The summed E-state index contributed by atoms with van der Waals surface area (Å²) in [4.78, 5) is 4.01. The predicted octanol–water partition coefficient (Wildman–Crippen LogP) is 1.58. The zero-order valence-electron chi connectivity index (χ0n) is 6.56. The largest absolute Gasteiger partial charge is 0.239 e. The molecule has 1 aromatic carbocycles. The van der Waals surface area contributed by atoms with Gasteiger partial charge in [-0.3, -0.25) is 0 Å². The lowest BCUT2D eigenvalue weighted by molar-refractivity contribution is 0.675. The van der Waals surface area contributed by atoms with Gasteiger partial charge in [0.1, 0.15) is 0 Å². The molecule has 1 unspecified atom stereocenters. The van der Waals surface area contributed by atoms with Gasteiger partial charge in [0.05, 0.1) is 10.2 Å². The molecule has 0 aliphatic carbocycles. The van der Waals surface area contributed by atoms with Gasteiger partial charge in [0.15, 0.2) is 9.92 Å². The third-order valence-corrected chi connectivity index (χ3v) is 3.97. The van der Waals surface area contributed by atoms with Crippen molar-refractivity contribution in [3.8, 4) is 0 Å². The van der Waals surface area contributed by atoms with Crippen molar-refractivity contribution in [1.82, 2.24) is 4.98 Å². The molecule has 2 rings (SSSR count). The summed E-state index contributed by atoms with van der Waals surface area (Å²) in [5.74, 6) is 0. The van der Waals surface area contributed by atoms with Crippen LogP contribution in [0.2, 0.25) is 0 Å². The van der Waals surface area contributed by atoms with Crippen molar-refractivity contribution in [2.75, 3.05) is 0 Å². The summed E-state index contributed by atoms with van der Waals surface area (Å²) >= 11 is 1.21. The van der Waals surface area contributed by atoms with E-state index < -0.39 is 9.92 Å². The third-order valence-electron chi connectivity index (χ3n) is 1.53. The molecule has 0 aliphatic rings. The standard InChI is InChI=1S/C7H7N3OS2/c8-13(9,11)7-10-5-3-1-2-4-6(5)12-7/h1-4H,(H3,8,9,11). The molecule has 1 atom stereocenters. The molecule has 68 valence electrons. The molecule has 0 saturated carbocycles. The molecule has 0 bridgehead atoms. The zero-order valence-corrected chi connectivity index (χ0v) is 8.19. The second-order valence-corrected chi connectivity index (χ2v) is 5.43. The van der Waals surface area contributed by atoms with Crippen LogP contribution in [0.1, 0.15) is 0 Å². The number of rotatable bonds is 1. The highest BCUT2D eigenvalue weighted by molar-refractivity contribution is 7.92. The first-order chi connectivity index (χ1) is 6.07. The van der Waals surface area contributed by atoms with Gasteiger partial charge in [0.25, 0.3) is 0 Å². The summed E-state index contributed by atoms with van der Waals surface area (Å²) in [6.07, 6.45) is 0. The Balaban J connectivity index is 2.77. The molecule has 1 aromatic heterocycles. The van der Waals surface area contributed by atoms with Crippen molar-refractivity contribution in [3.05, 3.63) is 24.3 Å². The summed E-state index contributed by atoms with van der Waals surface area (Å²) < 4.78 is 19.4. The fourth-order valence-electron chi connectivity index (χ4n) is 0.981. The van der Waals surface area contributed by atoms with Gasteiger partial charge < -0.3 is 0 Å². The van der Waals surface area contributed by atoms with Crippen LogP contribution >= 0.6 is 11.3 Å². The van der Waals surface area contributed by atoms with Crippen molar-refractivity contribution in [3.63, 3.8) is 0 Å².